The number of anilines is 4. The van der Waals surface area contributed by atoms with Crippen LogP contribution in [-0.2, 0) is 6.42 Å². The quantitative estimate of drug-likeness (QED) is 0.689. The Bertz CT molecular complexity index is 976. The summed E-state index contributed by atoms with van der Waals surface area (Å²) < 4.78 is 30.0. The van der Waals surface area contributed by atoms with E-state index in [0.29, 0.717) is 28.2 Å². The first-order chi connectivity index (χ1) is 13.0. The number of nitrogens with zero attached hydrogens (tertiary/aromatic N) is 5. The van der Waals surface area contributed by atoms with Crippen molar-refractivity contribution in [2.75, 3.05) is 36.2 Å². The van der Waals surface area contributed by atoms with Crippen LogP contribution in [0.3, 0.4) is 0 Å². The molecule has 1 aliphatic rings. The van der Waals surface area contributed by atoms with Crippen LogP contribution in [0.25, 0.3) is 11.5 Å². The molecule has 0 spiro atoms. The molecule has 0 aromatic carbocycles. The molecule has 2 N–H and O–H groups in total. The minimum atomic E-state index is -2.57. The second-order valence-corrected chi connectivity index (χ2v) is 6.89. The van der Waals surface area contributed by atoms with E-state index in [-0.39, 0.29) is 5.56 Å². The average molecular weight is 389 g/mol. The molecule has 27 heavy (non-hydrogen) atoms. The standard InChI is InChI=1S/C17H17F2N7S/c1-20-11-6-10(14(18)19)7-22-15(11)23-17-24-16(25-27-17)12-5-9-3-4-26(2)13(9)8-21-12/h5-8,14,20H,3-4H2,1-2H3,(H,22,23,24,25). The maximum atomic E-state index is 12.8. The zero-order valence-corrected chi connectivity index (χ0v) is 15.5. The molecule has 10 heteroatoms. The van der Waals surface area contributed by atoms with Gasteiger partial charge in [0, 0.05) is 43.9 Å². The average Bonchev–Trinajstić information content (AvgIpc) is 3.28. The normalized spacial score (nSPS) is 13.1. The number of hydrogen-bond acceptors (Lipinski definition) is 8. The highest BCUT2D eigenvalue weighted by Gasteiger charge is 2.19. The van der Waals surface area contributed by atoms with Gasteiger partial charge in [-0.1, -0.05) is 0 Å². The van der Waals surface area contributed by atoms with Crippen LogP contribution in [0.5, 0.6) is 0 Å². The van der Waals surface area contributed by atoms with Gasteiger partial charge in [0.1, 0.15) is 5.69 Å². The molecule has 0 atom stereocenters. The summed E-state index contributed by atoms with van der Waals surface area (Å²) in [6.07, 6.45) is 1.39. The Labute approximate surface area is 158 Å². The van der Waals surface area contributed by atoms with E-state index >= 15 is 0 Å². The maximum Gasteiger partial charge on any atom is 0.265 e. The Balaban J connectivity index is 1.57. The zero-order valence-electron chi connectivity index (χ0n) is 14.7. The van der Waals surface area contributed by atoms with Gasteiger partial charge < -0.3 is 15.5 Å². The van der Waals surface area contributed by atoms with Gasteiger partial charge >= 0.3 is 0 Å². The van der Waals surface area contributed by atoms with Crippen LogP contribution in [0.1, 0.15) is 17.6 Å². The molecule has 0 aliphatic carbocycles. The molecule has 0 saturated heterocycles. The van der Waals surface area contributed by atoms with E-state index in [1.165, 1.54) is 11.6 Å². The summed E-state index contributed by atoms with van der Waals surface area (Å²) in [5, 5.41) is 6.40. The van der Waals surface area contributed by atoms with E-state index in [1.807, 2.05) is 19.3 Å². The van der Waals surface area contributed by atoms with Gasteiger partial charge in [-0.3, -0.25) is 4.98 Å². The molecule has 0 bridgehead atoms. The van der Waals surface area contributed by atoms with Crippen molar-refractivity contribution < 1.29 is 8.78 Å². The van der Waals surface area contributed by atoms with Crippen LogP contribution in [0.2, 0.25) is 0 Å². The van der Waals surface area contributed by atoms with E-state index < -0.39 is 6.43 Å². The van der Waals surface area contributed by atoms with Crippen molar-refractivity contribution in [1.29, 1.82) is 0 Å². The van der Waals surface area contributed by atoms with Gasteiger partial charge in [0.2, 0.25) is 5.13 Å². The Kier molecular flexibility index (Phi) is 4.56. The monoisotopic (exact) mass is 389 g/mol. The van der Waals surface area contributed by atoms with E-state index in [0.717, 1.165) is 36.4 Å². The van der Waals surface area contributed by atoms with Gasteiger partial charge in [-0.25, -0.2) is 13.8 Å². The molecule has 0 saturated carbocycles. The molecule has 0 fully saturated rings. The summed E-state index contributed by atoms with van der Waals surface area (Å²) in [7, 11) is 3.69. The summed E-state index contributed by atoms with van der Waals surface area (Å²) in [5.41, 5.74) is 3.39. The Morgan fingerprint density at radius 2 is 2.07 bits per heavy atom. The third-order valence-electron chi connectivity index (χ3n) is 4.40. The summed E-state index contributed by atoms with van der Waals surface area (Å²) in [5.74, 6) is 0.934. The molecule has 7 nitrogen and oxygen atoms in total. The molecule has 4 rings (SSSR count). The highest BCUT2D eigenvalue weighted by molar-refractivity contribution is 7.09. The first-order valence-electron chi connectivity index (χ1n) is 8.32. The maximum absolute atomic E-state index is 12.8. The number of aromatic nitrogens is 4. The second-order valence-electron chi connectivity index (χ2n) is 6.13. The number of likely N-dealkylation sites (N-methyl/N-ethyl adjacent to an activating group) is 1. The van der Waals surface area contributed by atoms with Crippen LogP contribution >= 0.6 is 11.5 Å². The van der Waals surface area contributed by atoms with E-state index in [9.17, 15) is 8.78 Å². The van der Waals surface area contributed by atoms with Crippen molar-refractivity contribution in [2.24, 2.45) is 0 Å². The molecular weight excluding hydrogens is 372 g/mol. The summed E-state index contributed by atoms with van der Waals surface area (Å²) in [4.78, 5) is 15.2. The third kappa shape index (κ3) is 3.39. The predicted molar refractivity (Wildman–Crippen MR) is 102 cm³/mol. The van der Waals surface area contributed by atoms with Gasteiger partial charge in [0.15, 0.2) is 11.6 Å². The number of nitrogens with one attached hydrogen (secondary N) is 2. The fourth-order valence-corrected chi connectivity index (χ4v) is 3.51. The molecular formula is C17H17F2N7S. The topological polar surface area (TPSA) is 78.9 Å². The van der Waals surface area contributed by atoms with Crippen LogP contribution in [-0.4, -0.2) is 40.0 Å². The Morgan fingerprint density at radius 1 is 1.22 bits per heavy atom. The number of fused-ring (bicyclic) bond motifs is 1. The Morgan fingerprint density at radius 3 is 2.85 bits per heavy atom. The van der Waals surface area contributed by atoms with E-state index in [1.54, 1.807) is 7.05 Å². The number of halogens is 2. The molecule has 0 unspecified atom stereocenters. The zero-order chi connectivity index (χ0) is 19.0. The number of pyridine rings is 2. The summed E-state index contributed by atoms with van der Waals surface area (Å²) in [6, 6.07) is 3.37. The van der Waals surface area contributed by atoms with Crippen molar-refractivity contribution in [1.82, 2.24) is 19.3 Å². The van der Waals surface area contributed by atoms with Crippen molar-refractivity contribution in [3.63, 3.8) is 0 Å². The van der Waals surface area contributed by atoms with Crippen LogP contribution in [0.4, 0.5) is 31.1 Å². The molecule has 0 amide bonds. The fraction of sp³-hybridized carbons (Fsp3) is 0.294. The van der Waals surface area contributed by atoms with Gasteiger partial charge in [-0.15, -0.1) is 0 Å². The molecule has 0 radical (unpaired) electrons. The smallest absolute Gasteiger partial charge is 0.265 e. The van der Waals surface area contributed by atoms with Crippen LogP contribution < -0.4 is 15.5 Å². The minimum absolute atomic E-state index is 0.143. The second kappa shape index (κ2) is 7.03. The lowest BCUT2D eigenvalue weighted by molar-refractivity contribution is 0.151. The lowest BCUT2D eigenvalue weighted by Gasteiger charge is -2.10. The van der Waals surface area contributed by atoms with E-state index in [2.05, 4.69) is 34.9 Å². The SMILES string of the molecule is CNc1cc(C(F)F)cnc1Nc1nc(-c2cc3c(cn2)N(C)CC3)ns1. The number of hydrogen-bond donors (Lipinski definition) is 2. The fourth-order valence-electron chi connectivity index (χ4n) is 2.93. The largest absolute Gasteiger partial charge is 0.385 e. The van der Waals surface area contributed by atoms with Gasteiger partial charge in [-0.05, 0) is 24.1 Å². The molecule has 3 aromatic heterocycles. The Hall–Kier alpha value is -2.88. The molecule has 140 valence electrons. The number of alkyl halides is 2. The van der Waals surface area contributed by atoms with Crippen molar-refractivity contribution in [3.8, 4) is 11.5 Å². The molecule has 1 aliphatic heterocycles. The van der Waals surface area contributed by atoms with Gasteiger partial charge in [0.25, 0.3) is 6.43 Å². The van der Waals surface area contributed by atoms with Crippen LogP contribution in [0, 0.1) is 0 Å². The van der Waals surface area contributed by atoms with Crippen molar-refractivity contribution in [3.05, 3.63) is 35.7 Å². The third-order valence-corrected chi connectivity index (χ3v) is 5.03. The van der Waals surface area contributed by atoms with Crippen molar-refractivity contribution >= 4 is 33.9 Å². The lowest BCUT2D eigenvalue weighted by Crippen LogP contribution is -2.12. The minimum Gasteiger partial charge on any atom is -0.385 e. The molecule has 3 aromatic rings. The van der Waals surface area contributed by atoms with Gasteiger partial charge in [0.05, 0.1) is 17.6 Å². The highest BCUT2D eigenvalue weighted by atomic mass is 32.1. The number of rotatable bonds is 5. The van der Waals surface area contributed by atoms with E-state index in [4.69, 9.17) is 0 Å². The van der Waals surface area contributed by atoms with Crippen molar-refractivity contribution in [2.45, 2.75) is 12.8 Å². The first-order valence-corrected chi connectivity index (χ1v) is 9.09. The summed E-state index contributed by atoms with van der Waals surface area (Å²) in [6.45, 7) is 0.977. The summed E-state index contributed by atoms with van der Waals surface area (Å²) >= 11 is 1.16. The lowest BCUT2D eigenvalue weighted by atomic mass is 10.2. The van der Waals surface area contributed by atoms with Gasteiger partial charge in [-0.2, -0.15) is 9.36 Å². The predicted octanol–water partition coefficient (Wildman–Crippen LogP) is 3.71. The van der Waals surface area contributed by atoms with Crippen LogP contribution in [0.15, 0.2) is 24.5 Å². The molecule has 4 heterocycles. The highest BCUT2D eigenvalue weighted by Crippen LogP contribution is 2.31. The first kappa shape index (κ1) is 17.5.